The fraction of sp³-hybridized carbons (Fsp3) is 0.476. The first-order chi connectivity index (χ1) is 14.0. The van der Waals surface area contributed by atoms with Crippen LogP contribution in [0.4, 0.5) is 10.5 Å². The molecule has 1 aliphatic rings. The predicted octanol–water partition coefficient (Wildman–Crippen LogP) is 3.84. The van der Waals surface area contributed by atoms with Gasteiger partial charge in [-0.15, -0.1) is 11.3 Å². The van der Waals surface area contributed by atoms with Crippen LogP contribution in [0.25, 0.3) is 0 Å². The van der Waals surface area contributed by atoms with Crippen LogP contribution in [0, 0.1) is 0 Å². The maximum absolute atomic E-state index is 12.8. The van der Waals surface area contributed by atoms with Gasteiger partial charge in [-0.25, -0.2) is 9.78 Å². The van der Waals surface area contributed by atoms with Crippen molar-refractivity contribution in [3.05, 3.63) is 45.9 Å². The number of benzene rings is 1. The fourth-order valence-corrected chi connectivity index (χ4v) is 3.53. The second kappa shape index (κ2) is 9.84. The maximum Gasteiger partial charge on any atom is 0.322 e. The standard InChI is InChI=1S/C21H28N4O3S/c1-14(2)15-4-6-17(7-5-15)23-21(27)25(10-11-28-3)12-19-24-18(13-29-19)20(26)22-16-8-9-16/h4-7,13-14,16H,8-12H2,1-3H3,(H,22,26)(H,23,27). The Balaban J connectivity index is 1.62. The van der Waals surface area contributed by atoms with Gasteiger partial charge in [-0.05, 0) is 36.5 Å². The highest BCUT2D eigenvalue weighted by molar-refractivity contribution is 7.09. The van der Waals surface area contributed by atoms with E-state index < -0.39 is 0 Å². The molecule has 0 spiro atoms. The number of nitrogens with one attached hydrogen (secondary N) is 2. The Kier molecular flexibility index (Phi) is 7.22. The number of hydrogen-bond acceptors (Lipinski definition) is 5. The Morgan fingerprint density at radius 2 is 2.00 bits per heavy atom. The number of amides is 3. The summed E-state index contributed by atoms with van der Waals surface area (Å²) in [5.74, 6) is 0.294. The topological polar surface area (TPSA) is 83.6 Å². The Bertz CT molecular complexity index is 831. The maximum atomic E-state index is 12.8. The van der Waals surface area contributed by atoms with Gasteiger partial charge in [0.2, 0.25) is 0 Å². The van der Waals surface area contributed by atoms with Crippen LogP contribution in [0.2, 0.25) is 0 Å². The molecule has 156 valence electrons. The number of aromatic nitrogens is 1. The quantitative estimate of drug-likeness (QED) is 0.651. The molecule has 1 aromatic heterocycles. The van der Waals surface area contributed by atoms with Crippen LogP contribution in [0.3, 0.4) is 0 Å². The Morgan fingerprint density at radius 1 is 1.28 bits per heavy atom. The molecule has 3 rings (SSSR count). The van der Waals surface area contributed by atoms with E-state index in [1.807, 2.05) is 24.3 Å². The van der Waals surface area contributed by atoms with Crippen LogP contribution in [0.1, 0.15) is 53.7 Å². The molecule has 0 aliphatic heterocycles. The van der Waals surface area contributed by atoms with Crippen LogP contribution in [0.15, 0.2) is 29.6 Å². The molecule has 2 aromatic rings. The van der Waals surface area contributed by atoms with Crippen LogP contribution in [0.5, 0.6) is 0 Å². The van der Waals surface area contributed by atoms with Gasteiger partial charge in [0.1, 0.15) is 10.7 Å². The zero-order chi connectivity index (χ0) is 20.8. The number of urea groups is 1. The van der Waals surface area contributed by atoms with E-state index in [1.165, 1.54) is 16.9 Å². The van der Waals surface area contributed by atoms with Gasteiger partial charge in [-0.2, -0.15) is 0 Å². The van der Waals surface area contributed by atoms with E-state index in [0.29, 0.717) is 42.4 Å². The van der Waals surface area contributed by atoms with Crippen LogP contribution in [-0.2, 0) is 11.3 Å². The molecule has 0 radical (unpaired) electrons. The highest BCUT2D eigenvalue weighted by Gasteiger charge is 2.25. The Labute approximate surface area is 175 Å². The minimum Gasteiger partial charge on any atom is -0.383 e. The second-order valence-electron chi connectivity index (χ2n) is 7.50. The fourth-order valence-electron chi connectivity index (χ4n) is 2.75. The summed E-state index contributed by atoms with van der Waals surface area (Å²) in [7, 11) is 1.60. The summed E-state index contributed by atoms with van der Waals surface area (Å²) in [4.78, 5) is 31.0. The number of hydrogen-bond donors (Lipinski definition) is 2. The van der Waals surface area contributed by atoms with Crippen molar-refractivity contribution in [1.82, 2.24) is 15.2 Å². The van der Waals surface area contributed by atoms with E-state index >= 15 is 0 Å². The van der Waals surface area contributed by atoms with Gasteiger partial charge in [0.05, 0.1) is 13.2 Å². The number of ether oxygens (including phenoxy) is 1. The van der Waals surface area contributed by atoms with Gasteiger partial charge in [0.25, 0.3) is 5.91 Å². The molecule has 0 unspecified atom stereocenters. The number of nitrogens with zero attached hydrogens (tertiary/aromatic N) is 2. The van der Waals surface area contributed by atoms with E-state index in [0.717, 1.165) is 18.5 Å². The molecule has 1 heterocycles. The van der Waals surface area contributed by atoms with E-state index in [1.54, 1.807) is 17.4 Å². The highest BCUT2D eigenvalue weighted by Crippen LogP contribution is 2.21. The summed E-state index contributed by atoms with van der Waals surface area (Å²) < 4.78 is 5.14. The van der Waals surface area contributed by atoms with Crippen LogP contribution < -0.4 is 10.6 Å². The molecule has 0 bridgehead atoms. The summed E-state index contributed by atoms with van der Waals surface area (Å²) in [6.45, 7) is 5.43. The number of methoxy groups -OCH3 is 1. The summed E-state index contributed by atoms with van der Waals surface area (Å²) >= 11 is 1.38. The van der Waals surface area contributed by atoms with Crippen molar-refractivity contribution in [3.8, 4) is 0 Å². The monoisotopic (exact) mass is 416 g/mol. The SMILES string of the molecule is COCCN(Cc1nc(C(=O)NC2CC2)cs1)C(=O)Nc1ccc(C(C)C)cc1. The first-order valence-electron chi connectivity index (χ1n) is 9.86. The average Bonchev–Trinajstić information content (AvgIpc) is 3.39. The van der Waals surface area contributed by atoms with Crippen molar-refractivity contribution in [1.29, 1.82) is 0 Å². The van der Waals surface area contributed by atoms with Crippen molar-refractivity contribution >= 4 is 29.0 Å². The number of carbonyl (C=O) groups excluding carboxylic acids is 2. The van der Waals surface area contributed by atoms with Crippen LogP contribution >= 0.6 is 11.3 Å². The molecule has 1 aromatic carbocycles. The lowest BCUT2D eigenvalue weighted by molar-refractivity contribution is 0.0946. The molecule has 7 nitrogen and oxygen atoms in total. The molecule has 1 aliphatic carbocycles. The van der Waals surface area contributed by atoms with Gasteiger partial charge in [0.15, 0.2) is 0 Å². The molecule has 0 atom stereocenters. The number of rotatable bonds is 9. The first-order valence-corrected chi connectivity index (χ1v) is 10.7. The molecule has 2 N–H and O–H groups in total. The van der Waals surface area contributed by atoms with Crippen LogP contribution in [-0.4, -0.2) is 48.1 Å². The minimum absolute atomic E-state index is 0.145. The third-order valence-electron chi connectivity index (χ3n) is 4.70. The molecule has 8 heteroatoms. The predicted molar refractivity (Wildman–Crippen MR) is 114 cm³/mol. The van der Waals surface area contributed by atoms with Gasteiger partial charge < -0.3 is 20.3 Å². The molecule has 1 saturated carbocycles. The second-order valence-corrected chi connectivity index (χ2v) is 8.44. The van der Waals surface area contributed by atoms with Crippen molar-refractivity contribution in [2.75, 3.05) is 25.6 Å². The number of thiazole rings is 1. The number of carbonyl (C=O) groups is 2. The molecule has 1 fully saturated rings. The van der Waals surface area contributed by atoms with E-state index in [4.69, 9.17) is 4.74 Å². The molecular weight excluding hydrogens is 388 g/mol. The lowest BCUT2D eigenvalue weighted by Gasteiger charge is -2.22. The summed E-state index contributed by atoms with van der Waals surface area (Å²) in [5, 5.41) is 8.32. The number of anilines is 1. The zero-order valence-corrected chi connectivity index (χ0v) is 17.9. The molecule has 29 heavy (non-hydrogen) atoms. The lowest BCUT2D eigenvalue weighted by atomic mass is 10.0. The average molecular weight is 417 g/mol. The smallest absolute Gasteiger partial charge is 0.322 e. The first kappa shape index (κ1) is 21.3. The van der Waals surface area contributed by atoms with Gasteiger partial charge in [-0.1, -0.05) is 26.0 Å². The third kappa shape index (κ3) is 6.27. The largest absolute Gasteiger partial charge is 0.383 e. The lowest BCUT2D eigenvalue weighted by Crippen LogP contribution is -2.36. The van der Waals surface area contributed by atoms with E-state index in [2.05, 4.69) is 29.5 Å². The van der Waals surface area contributed by atoms with Gasteiger partial charge in [-0.3, -0.25) is 4.79 Å². The Morgan fingerprint density at radius 3 is 2.62 bits per heavy atom. The summed E-state index contributed by atoms with van der Waals surface area (Å²) in [6.07, 6.45) is 2.07. The minimum atomic E-state index is -0.224. The summed E-state index contributed by atoms with van der Waals surface area (Å²) in [5.41, 5.74) is 2.37. The van der Waals surface area contributed by atoms with Crippen molar-refractivity contribution < 1.29 is 14.3 Å². The zero-order valence-electron chi connectivity index (χ0n) is 17.1. The molecule has 3 amide bonds. The molecular formula is C21H28N4O3S. The molecule has 0 saturated heterocycles. The van der Waals surface area contributed by atoms with Gasteiger partial charge in [0, 0.05) is 30.8 Å². The van der Waals surface area contributed by atoms with Crippen molar-refractivity contribution in [2.45, 2.75) is 45.2 Å². The van der Waals surface area contributed by atoms with Crippen molar-refractivity contribution in [3.63, 3.8) is 0 Å². The highest BCUT2D eigenvalue weighted by atomic mass is 32.1. The summed E-state index contributed by atoms with van der Waals surface area (Å²) in [6, 6.07) is 7.92. The Hall–Kier alpha value is -2.45. The normalized spacial score (nSPS) is 13.4. The van der Waals surface area contributed by atoms with Crippen molar-refractivity contribution in [2.24, 2.45) is 0 Å². The van der Waals surface area contributed by atoms with E-state index in [9.17, 15) is 9.59 Å². The van der Waals surface area contributed by atoms with Gasteiger partial charge >= 0.3 is 6.03 Å². The van der Waals surface area contributed by atoms with E-state index in [-0.39, 0.29) is 11.9 Å². The third-order valence-corrected chi connectivity index (χ3v) is 5.54.